The summed E-state index contributed by atoms with van der Waals surface area (Å²) in [7, 11) is 0. The Kier molecular flexibility index (Phi) is 4.50. The molecule has 132 valence electrons. The van der Waals surface area contributed by atoms with Crippen molar-refractivity contribution in [3.8, 4) is 16.6 Å². The van der Waals surface area contributed by atoms with Crippen LogP contribution in [0, 0.1) is 11.3 Å². The maximum absolute atomic E-state index is 12.3. The van der Waals surface area contributed by atoms with Gasteiger partial charge in [-0.3, -0.25) is 14.9 Å². The van der Waals surface area contributed by atoms with Crippen molar-refractivity contribution in [1.82, 2.24) is 25.1 Å². The first-order valence-corrected chi connectivity index (χ1v) is 9.32. The number of aromatic amines is 2. The van der Waals surface area contributed by atoms with E-state index in [9.17, 15) is 10.1 Å². The minimum Gasteiger partial charge on any atom is -0.353 e. The Hall–Kier alpha value is -2.99. The third-order valence-electron chi connectivity index (χ3n) is 4.67. The van der Waals surface area contributed by atoms with E-state index in [1.807, 2.05) is 23.6 Å². The summed E-state index contributed by atoms with van der Waals surface area (Å²) in [5.41, 5.74) is 0.0693. The fraction of sp³-hybridized carbons (Fsp3) is 0.353. The maximum Gasteiger partial charge on any atom is 0.270 e. The molecule has 0 aromatic carbocycles. The van der Waals surface area contributed by atoms with Crippen LogP contribution in [-0.4, -0.2) is 31.2 Å². The van der Waals surface area contributed by atoms with Gasteiger partial charge >= 0.3 is 0 Å². The monoisotopic (exact) mass is 367 g/mol. The van der Waals surface area contributed by atoms with Crippen LogP contribution in [0.1, 0.15) is 43.0 Å². The first-order valence-electron chi connectivity index (χ1n) is 8.44. The smallest absolute Gasteiger partial charge is 0.270 e. The molecule has 0 bridgehead atoms. The van der Waals surface area contributed by atoms with Crippen LogP contribution in [0.5, 0.6) is 0 Å². The number of H-pyrrole nitrogens is 2. The number of rotatable bonds is 4. The molecule has 3 aromatic heterocycles. The van der Waals surface area contributed by atoms with Crippen LogP contribution in [0.15, 0.2) is 28.6 Å². The normalized spacial score (nSPS) is 19.8. The summed E-state index contributed by atoms with van der Waals surface area (Å²) in [6.07, 6.45) is 5.42. The van der Waals surface area contributed by atoms with Gasteiger partial charge in [0.05, 0.1) is 4.88 Å². The lowest BCUT2D eigenvalue weighted by molar-refractivity contribution is 0.399. The van der Waals surface area contributed by atoms with Crippen molar-refractivity contribution in [3.63, 3.8) is 0 Å². The highest BCUT2D eigenvalue weighted by atomic mass is 32.1. The SMILES string of the molecule is N#Cc1c(-c2cccs2)nc(NC2CCC(c3ncn[nH]3)CC2)[nH]c1=O. The summed E-state index contributed by atoms with van der Waals surface area (Å²) in [5, 5.41) is 21.4. The van der Waals surface area contributed by atoms with Crippen LogP contribution >= 0.6 is 11.3 Å². The number of aromatic nitrogens is 5. The summed E-state index contributed by atoms with van der Waals surface area (Å²) in [4.78, 5) is 24.5. The molecule has 3 heterocycles. The van der Waals surface area contributed by atoms with Gasteiger partial charge in [-0.15, -0.1) is 11.3 Å². The zero-order valence-electron chi connectivity index (χ0n) is 13.9. The Morgan fingerprint density at radius 2 is 2.15 bits per heavy atom. The summed E-state index contributed by atoms with van der Waals surface area (Å²) in [5.74, 6) is 1.75. The Balaban J connectivity index is 1.51. The Morgan fingerprint density at radius 3 is 2.81 bits per heavy atom. The zero-order chi connectivity index (χ0) is 17.9. The van der Waals surface area contributed by atoms with Crippen molar-refractivity contribution in [2.24, 2.45) is 0 Å². The molecule has 1 saturated carbocycles. The highest BCUT2D eigenvalue weighted by molar-refractivity contribution is 7.13. The van der Waals surface area contributed by atoms with Gasteiger partial charge in [-0.25, -0.2) is 9.97 Å². The predicted molar refractivity (Wildman–Crippen MR) is 97.9 cm³/mol. The average Bonchev–Trinajstić information content (AvgIpc) is 3.36. The van der Waals surface area contributed by atoms with E-state index < -0.39 is 5.56 Å². The first-order chi connectivity index (χ1) is 12.7. The topological polar surface area (TPSA) is 123 Å². The third kappa shape index (κ3) is 3.23. The maximum atomic E-state index is 12.3. The van der Waals surface area contributed by atoms with Gasteiger partial charge in [0.15, 0.2) is 0 Å². The fourth-order valence-corrected chi connectivity index (χ4v) is 4.07. The van der Waals surface area contributed by atoms with Gasteiger partial charge < -0.3 is 5.32 Å². The van der Waals surface area contributed by atoms with Crippen LogP contribution in [0.2, 0.25) is 0 Å². The molecule has 1 aliphatic carbocycles. The molecule has 0 amide bonds. The van der Waals surface area contributed by atoms with E-state index in [1.54, 1.807) is 0 Å². The first kappa shape index (κ1) is 16.5. The lowest BCUT2D eigenvalue weighted by Crippen LogP contribution is -2.28. The van der Waals surface area contributed by atoms with Crippen LogP contribution in [0.25, 0.3) is 10.6 Å². The third-order valence-corrected chi connectivity index (χ3v) is 5.55. The molecule has 0 unspecified atom stereocenters. The van der Waals surface area contributed by atoms with E-state index in [-0.39, 0.29) is 11.6 Å². The minimum atomic E-state index is -0.413. The van der Waals surface area contributed by atoms with Crippen molar-refractivity contribution in [2.75, 3.05) is 5.32 Å². The summed E-state index contributed by atoms with van der Waals surface area (Å²) < 4.78 is 0. The molecule has 0 atom stereocenters. The van der Waals surface area contributed by atoms with Crippen molar-refractivity contribution in [2.45, 2.75) is 37.6 Å². The molecule has 1 aliphatic rings. The van der Waals surface area contributed by atoms with Crippen molar-refractivity contribution in [3.05, 3.63) is 45.6 Å². The molecule has 0 spiro atoms. The number of nitrogens with zero attached hydrogens (tertiary/aromatic N) is 4. The lowest BCUT2D eigenvalue weighted by Gasteiger charge is -2.28. The summed E-state index contributed by atoms with van der Waals surface area (Å²) >= 11 is 1.46. The highest BCUT2D eigenvalue weighted by Gasteiger charge is 2.25. The number of thiophene rings is 1. The number of anilines is 1. The lowest BCUT2D eigenvalue weighted by atomic mass is 9.85. The fourth-order valence-electron chi connectivity index (χ4n) is 3.35. The Morgan fingerprint density at radius 1 is 1.31 bits per heavy atom. The number of hydrogen-bond donors (Lipinski definition) is 3. The van der Waals surface area contributed by atoms with Gasteiger partial charge in [0.2, 0.25) is 5.95 Å². The van der Waals surface area contributed by atoms with Crippen LogP contribution in [0.4, 0.5) is 5.95 Å². The van der Waals surface area contributed by atoms with Crippen LogP contribution < -0.4 is 10.9 Å². The molecule has 9 heteroatoms. The van der Waals surface area contributed by atoms with Crippen LogP contribution in [-0.2, 0) is 0 Å². The molecular weight excluding hydrogens is 350 g/mol. The predicted octanol–water partition coefficient (Wildman–Crippen LogP) is 2.63. The molecule has 8 nitrogen and oxygen atoms in total. The molecular formula is C17H17N7OS. The van der Waals surface area contributed by atoms with Crippen molar-refractivity contribution in [1.29, 1.82) is 5.26 Å². The quantitative estimate of drug-likeness (QED) is 0.651. The van der Waals surface area contributed by atoms with Crippen molar-refractivity contribution >= 4 is 17.3 Å². The zero-order valence-corrected chi connectivity index (χ0v) is 14.7. The Bertz CT molecular complexity index is 964. The molecule has 0 saturated heterocycles. The number of nitrogens with one attached hydrogen (secondary N) is 3. The van der Waals surface area contributed by atoms with Crippen LogP contribution in [0.3, 0.4) is 0 Å². The summed E-state index contributed by atoms with van der Waals surface area (Å²) in [6.45, 7) is 0. The molecule has 4 rings (SSSR count). The largest absolute Gasteiger partial charge is 0.353 e. The molecule has 3 N–H and O–H groups in total. The van der Waals surface area contributed by atoms with Crippen molar-refractivity contribution < 1.29 is 0 Å². The standard InChI is InChI=1S/C17H17N7OS/c18-8-12-14(13-2-1-7-26-13)22-17(23-16(12)25)21-11-5-3-10(4-6-11)15-19-9-20-24-15/h1-2,7,9-11H,3-6H2,(H,19,20,24)(H2,21,22,23,25). The number of hydrogen-bond acceptors (Lipinski definition) is 7. The van der Waals surface area contributed by atoms with E-state index >= 15 is 0 Å². The van der Waals surface area contributed by atoms with E-state index in [0.717, 1.165) is 36.4 Å². The molecule has 1 fully saturated rings. The highest BCUT2D eigenvalue weighted by Crippen LogP contribution is 2.32. The van der Waals surface area contributed by atoms with E-state index in [1.165, 1.54) is 17.7 Å². The van der Waals surface area contributed by atoms with Gasteiger partial charge in [0, 0.05) is 12.0 Å². The second-order valence-corrected chi connectivity index (χ2v) is 7.24. The van der Waals surface area contributed by atoms with Gasteiger partial charge in [0.25, 0.3) is 5.56 Å². The summed E-state index contributed by atoms with van der Waals surface area (Å²) in [6, 6.07) is 5.92. The van der Waals surface area contributed by atoms with Gasteiger partial charge in [-0.05, 0) is 37.1 Å². The second kappa shape index (κ2) is 7.09. The molecule has 0 aliphatic heterocycles. The van der Waals surface area contributed by atoms with E-state index in [0.29, 0.717) is 17.6 Å². The van der Waals surface area contributed by atoms with Gasteiger partial charge in [0.1, 0.15) is 29.5 Å². The second-order valence-electron chi connectivity index (χ2n) is 6.29. The molecule has 0 radical (unpaired) electrons. The Labute approximate surface area is 153 Å². The number of nitriles is 1. The van der Waals surface area contributed by atoms with E-state index in [4.69, 9.17) is 0 Å². The van der Waals surface area contributed by atoms with E-state index in [2.05, 4.69) is 30.5 Å². The van der Waals surface area contributed by atoms with Gasteiger partial charge in [-0.2, -0.15) is 10.4 Å². The average molecular weight is 367 g/mol. The minimum absolute atomic E-state index is 0.0482. The molecule has 3 aromatic rings. The van der Waals surface area contributed by atoms with Gasteiger partial charge in [-0.1, -0.05) is 6.07 Å². The molecule has 26 heavy (non-hydrogen) atoms.